The van der Waals surface area contributed by atoms with Crippen LogP contribution in [-0.2, 0) is 11.3 Å². The van der Waals surface area contributed by atoms with Crippen molar-refractivity contribution in [3.63, 3.8) is 0 Å². The Balaban J connectivity index is 1.61. The number of nitrogens with zero attached hydrogens (tertiary/aromatic N) is 3. The maximum absolute atomic E-state index is 12.3. The molecule has 0 N–H and O–H groups in total. The second-order valence-electron chi connectivity index (χ2n) is 4.98. The molecule has 118 valence electrons. The van der Waals surface area contributed by atoms with Gasteiger partial charge in [-0.15, -0.1) is 11.3 Å². The third-order valence-electron chi connectivity index (χ3n) is 3.28. The van der Waals surface area contributed by atoms with E-state index in [1.165, 1.54) is 18.1 Å². The molecule has 0 saturated heterocycles. The fraction of sp³-hybridized carbons (Fsp3) is 0.188. The number of amides is 1. The number of benzene rings is 1. The lowest BCUT2D eigenvalue weighted by molar-refractivity contribution is -0.127. The summed E-state index contributed by atoms with van der Waals surface area (Å²) in [5.41, 5.74) is 1.94. The first-order chi connectivity index (χ1) is 11.1. The summed E-state index contributed by atoms with van der Waals surface area (Å²) in [5, 5.41) is 3.52. The summed E-state index contributed by atoms with van der Waals surface area (Å²) in [7, 11) is 1.80. The maximum Gasteiger partial charge on any atom is 0.233 e. The molecule has 23 heavy (non-hydrogen) atoms. The zero-order chi connectivity index (χ0) is 16.2. The van der Waals surface area contributed by atoms with Crippen LogP contribution in [0.1, 0.15) is 5.56 Å². The lowest BCUT2D eigenvalue weighted by atomic mass is 10.2. The number of hydrogen-bond acceptors (Lipinski definition) is 5. The molecule has 2 heterocycles. The van der Waals surface area contributed by atoms with E-state index in [9.17, 15) is 4.79 Å². The number of carbonyl (C=O) groups excluding carboxylic acids is 1. The molecule has 4 nitrogen and oxygen atoms in total. The Labute approximate surface area is 147 Å². The molecule has 0 unspecified atom stereocenters. The highest BCUT2D eigenvalue weighted by atomic mass is 35.5. The summed E-state index contributed by atoms with van der Waals surface area (Å²) < 4.78 is 1.03. The summed E-state index contributed by atoms with van der Waals surface area (Å²) in [5.74, 6) is 0.402. The standard InChI is InChI=1S/C16H14ClN3OS2/c1-20(8-11-3-2-4-12(17)7-11)14(21)9-23-16-15-13(5-6-22-15)18-10-19-16/h2-7,10H,8-9H2,1H3. The minimum Gasteiger partial charge on any atom is -0.341 e. The lowest BCUT2D eigenvalue weighted by Gasteiger charge is -2.17. The molecule has 0 aliphatic carbocycles. The van der Waals surface area contributed by atoms with E-state index in [-0.39, 0.29) is 5.91 Å². The maximum atomic E-state index is 12.3. The first-order valence-corrected chi connectivity index (χ1v) is 9.17. The van der Waals surface area contributed by atoms with Crippen LogP contribution in [0.15, 0.2) is 47.1 Å². The fourth-order valence-electron chi connectivity index (χ4n) is 2.11. The van der Waals surface area contributed by atoms with Crippen molar-refractivity contribution in [2.24, 2.45) is 0 Å². The van der Waals surface area contributed by atoms with Gasteiger partial charge in [0, 0.05) is 18.6 Å². The minimum atomic E-state index is 0.0540. The van der Waals surface area contributed by atoms with Crippen molar-refractivity contribution >= 4 is 50.8 Å². The van der Waals surface area contributed by atoms with Crippen molar-refractivity contribution in [1.82, 2.24) is 14.9 Å². The SMILES string of the molecule is CN(Cc1cccc(Cl)c1)C(=O)CSc1ncnc2ccsc12. The molecule has 0 bridgehead atoms. The summed E-state index contributed by atoms with van der Waals surface area (Å²) in [6.45, 7) is 0.540. The van der Waals surface area contributed by atoms with Gasteiger partial charge in [0.25, 0.3) is 0 Å². The number of carbonyl (C=O) groups is 1. The van der Waals surface area contributed by atoms with Gasteiger partial charge in [-0.3, -0.25) is 4.79 Å². The van der Waals surface area contributed by atoms with Crippen LogP contribution >= 0.6 is 34.7 Å². The van der Waals surface area contributed by atoms with Gasteiger partial charge in [0.2, 0.25) is 5.91 Å². The molecule has 0 saturated carbocycles. The molecule has 2 aromatic heterocycles. The number of fused-ring (bicyclic) bond motifs is 1. The van der Waals surface area contributed by atoms with Gasteiger partial charge in [0.05, 0.1) is 16.0 Å². The zero-order valence-electron chi connectivity index (χ0n) is 12.4. The second kappa shape index (κ2) is 7.29. The van der Waals surface area contributed by atoms with E-state index in [1.54, 1.807) is 23.3 Å². The van der Waals surface area contributed by atoms with Crippen LogP contribution in [0, 0.1) is 0 Å². The molecule has 3 aromatic rings. The van der Waals surface area contributed by atoms with Crippen LogP contribution < -0.4 is 0 Å². The normalized spacial score (nSPS) is 10.9. The van der Waals surface area contributed by atoms with Crippen molar-refractivity contribution in [2.45, 2.75) is 11.6 Å². The van der Waals surface area contributed by atoms with E-state index in [1.807, 2.05) is 35.7 Å². The van der Waals surface area contributed by atoms with Crippen molar-refractivity contribution in [2.75, 3.05) is 12.8 Å². The van der Waals surface area contributed by atoms with Crippen LogP contribution in [-0.4, -0.2) is 33.6 Å². The summed E-state index contributed by atoms with van der Waals surface area (Å²) >= 11 is 9.01. The second-order valence-corrected chi connectivity index (χ2v) is 7.30. The molecular formula is C16H14ClN3OS2. The molecule has 3 rings (SSSR count). The Morgan fingerprint density at radius 3 is 3.04 bits per heavy atom. The number of rotatable bonds is 5. The molecule has 1 aromatic carbocycles. The first kappa shape index (κ1) is 16.2. The highest BCUT2D eigenvalue weighted by Crippen LogP contribution is 2.28. The molecule has 0 fully saturated rings. The fourth-order valence-corrected chi connectivity index (χ4v) is 4.21. The molecule has 1 amide bonds. The number of hydrogen-bond donors (Lipinski definition) is 0. The third kappa shape index (κ3) is 4.02. The van der Waals surface area contributed by atoms with Gasteiger partial charge in [0.1, 0.15) is 11.4 Å². The highest BCUT2D eigenvalue weighted by Gasteiger charge is 2.13. The Kier molecular flexibility index (Phi) is 5.15. The predicted molar refractivity (Wildman–Crippen MR) is 96.1 cm³/mol. The third-order valence-corrected chi connectivity index (χ3v) is 5.53. The topological polar surface area (TPSA) is 46.1 Å². The Bertz CT molecular complexity index is 837. The molecule has 0 aliphatic heterocycles. The van der Waals surface area contributed by atoms with Crippen LogP contribution in [0.2, 0.25) is 5.02 Å². The van der Waals surface area contributed by atoms with Crippen molar-refractivity contribution in [1.29, 1.82) is 0 Å². The molecule has 0 atom stereocenters. The number of thioether (sulfide) groups is 1. The quantitative estimate of drug-likeness (QED) is 0.506. The average Bonchev–Trinajstić information content (AvgIpc) is 3.01. The van der Waals surface area contributed by atoms with E-state index in [4.69, 9.17) is 11.6 Å². The van der Waals surface area contributed by atoms with E-state index >= 15 is 0 Å². The van der Waals surface area contributed by atoms with Crippen molar-refractivity contribution in [3.8, 4) is 0 Å². The first-order valence-electron chi connectivity index (χ1n) is 6.93. The lowest BCUT2D eigenvalue weighted by Crippen LogP contribution is -2.27. The van der Waals surface area contributed by atoms with Gasteiger partial charge in [-0.1, -0.05) is 35.5 Å². The van der Waals surface area contributed by atoms with E-state index in [0.29, 0.717) is 17.3 Å². The number of aromatic nitrogens is 2. The van der Waals surface area contributed by atoms with E-state index < -0.39 is 0 Å². The van der Waals surface area contributed by atoms with E-state index in [0.717, 1.165) is 20.8 Å². The molecule has 0 radical (unpaired) electrons. The van der Waals surface area contributed by atoms with Crippen LogP contribution in [0.4, 0.5) is 0 Å². The highest BCUT2D eigenvalue weighted by molar-refractivity contribution is 8.00. The van der Waals surface area contributed by atoms with Crippen molar-refractivity contribution < 1.29 is 4.79 Å². The largest absolute Gasteiger partial charge is 0.341 e. The zero-order valence-corrected chi connectivity index (χ0v) is 14.8. The predicted octanol–water partition coefficient (Wildman–Crippen LogP) is 4.10. The van der Waals surface area contributed by atoms with Crippen LogP contribution in [0.5, 0.6) is 0 Å². The number of thiophene rings is 1. The van der Waals surface area contributed by atoms with Gasteiger partial charge < -0.3 is 4.90 Å². The monoisotopic (exact) mass is 363 g/mol. The molecule has 7 heteroatoms. The van der Waals surface area contributed by atoms with E-state index in [2.05, 4.69) is 9.97 Å². The molecule has 0 spiro atoms. The van der Waals surface area contributed by atoms with Gasteiger partial charge in [0.15, 0.2) is 0 Å². The Morgan fingerprint density at radius 2 is 2.22 bits per heavy atom. The van der Waals surface area contributed by atoms with Gasteiger partial charge >= 0.3 is 0 Å². The molecular weight excluding hydrogens is 350 g/mol. The summed E-state index contributed by atoms with van der Waals surface area (Å²) in [6, 6.07) is 9.50. The van der Waals surface area contributed by atoms with Gasteiger partial charge in [-0.2, -0.15) is 0 Å². The summed E-state index contributed by atoms with van der Waals surface area (Å²) in [4.78, 5) is 22.5. The Morgan fingerprint density at radius 1 is 1.35 bits per heavy atom. The van der Waals surface area contributed by atoms with Crippen LogP contribution in [0.25, 0.3) is 10.2 Å². The van der Waals surface area contributed by atoms with Crippen LogP contribution in [0.3, 0.4) is 0 Å². The minimum absolute atomic E-state index is 0.0540. The van der Waals surface area contributed by atoms with Gasteiger partial charge in [-0.05, 0) is 29.1 Å². The average molecular weight is 364 g/mol. The summed E-state index contributed by atoms with van der Waals surface area (Å²) in [6.07, 6.45) is 1.54. The molecule has 0 aliphatic rings. The van der Waals surface area contributed by atoms with Gasteiger partial charge in [-0.25, -0.2) is 9.97 Å². The Hall–Kier alpha value is -1.63. The number of halogens is 1. The van der Waals surface area contributed by atoms with Crippen molar-refractivity contribution in [3.05, 3.63) is 52.6 Å². The smallest absolute Gasteiger partial charge is 0.233 e.